The molecule has 0 N–H and O–H groups in total. The summed E-state index contributed by atoms with van der Waals surface area (Å²) in [6.07, 6.45) is 1.74. The van der Waals surface area contributed by atoms with Crippen molar-refractivity contribution in [3.8, 4) is 0 Å². The van der Waals surface area contributed by atoms with Gasteiger partial charge in [-0.25, -0.2) is 4.39 Å². The number of amides is 1. The first-order valence-corrected chi connectivity index (χ1v) is 8.29. The van der Waals surface area contributed by atoms with Gasteiger partial charge in [0.1, 0.15) is 5.82 Å². The molecule has 2 aromatic rings. The molecule has 0 atom stereocenters. The number of aryl methyl sites for hydroxylation is 2. The molecule has 1 amide bonds. The summed E-state index contributed by atoms with van der Waals surface area (Å²) in [5.74, 6) is -0.443. The van der Waals surface area contributed by atoms with Gasteiger partial charge in [0.15, 0.2) is 4.32 Å². The number of thioether (sulfide) groups is 1. The van der Waals surface area contributed by atoms with E-state index >= 15 is 0 Å². The molecule has 1 saturated heterocycles. The van der Waals surface area contributed by atoms with Crippen molar-refractivity contribution in [2.24, 2.45) is 0 Å². The van der Waals surface area contributed by atoms with Crippen molar-refractivity contribution < 1.29 is 9.18 Å². The van der Waals surface area contributed by atoms with Crippen molar-refractivity contribution in [3.05, 3.63) is 69.9 Å². The van der Waals surface area contributed by atoms with Crippen LogP contribution in [0.5, 0.6) is 0 Å². The fourth-order valence-electron chi connectivity index (χ4n) is 2.44. The molecule has 1 fully saturated rings. The van der Waals surface area contributed by atoms with E-state index in [1.807, 2.05) is 32.0 Å². The van der Waals surface area contributed by atoms with E-state index in [1.54, 1.807) is 23.1 Å². The van der Waals surface area contributed by atoms with Crippen LogP contribution in [-0.4, -0.2) is 10.2 Å². The molecule has 0 aromatic heterocycles. The van der Waals surface area contributed by atoms with Crippen LogP contribution in [0.15, 0.2) is 47.4 Å². The van der Waals surface area contributed by atoms with Gasteiger partial charge in [-0.15, -0.1) is 0 Å². The average Bonchev–Trinajstić information content (AvgIpc) is 2.77. The number of carbonyl (C=O) groups is 1. The number of hydrogen-bond acceptors (Lipinski definition) is 3. The molecule has 0 radical (unpaired) electrons. The molecule has 5 heteroatoms. The van der Waals surface area contributed by atoms with E-state index in [-0.39, 0.29) is 11.7 Å². The van der Waals surface area contributed by atoms with Crippen LogP contribution >= 0.6 is 24.0 Å². The molecule has 0 spiro atoms. The second-order valence-electron chi connectivity index (χ2n) is 5.36. The normalized spacial score (nSPS) is 16.5. The van der Waals surface area contributed by atoms with Gasteiger partial charge in [0.25, 0.3) is 5.91 Å². The third kappa shape index (κ3) is 3.21. The molecule has 1 aliphatic rings. The lowest BCUT2D eigenvalue weighted by atomic mass is 10.1. The molecule has 0 unspecified atom stereocenters. The van der Waals surface area contributed by atoms with Crippen molar-refractivity contribution in [1.82, 2.24) is 0 Å². The minimum atomic E-state index is -0.301. The smallest absolute Gasteiger partial charge is 0.268 e. The lowest BCUT2D eigenvalue weighted by Crippen LogP contribution is -2.28. The summed E-state index contributed by atoms with van der Waals surface area (Å²) in [6, 6.07) is 11.9. The van der Waals surface area contributed by atoms with E-state index < -0.39 is 0 Å². The van der Waals surface area contributed by atoms with Crippen molar-refractivity contribution in [2.45, 2.75) is 13.8 Å². The van der Waals surface area contributed by atoms with Crippen molar-refractivity contribution in [3.63, 3.8) is 0 Å². The quantitative estimate of drug-likeness (QED) is 0.574. The molecule has 0 bridgehead atoms. The van der Waals surface area contributed by atoms with Crippen LogP contribution in [0, 0.1) is 19.7 Å². The second kappa shape index (κ2) is 6.26. The SMILES string of the molecule is Cc1ccc(N2C(=O)/C(=C\c3ccc(F)cc3)SC2=S)c(C)c1. The Balaban J connectivity index is 1.95. The maximum absolute atomic E-state index is 13.0. The summed E-state index contributed by atoms with van der Waals surface area (Å²) in [6.45, 7) is 3.97. The van der Waals surface area contributed by atoms with Gasteiger partial charge in [-0.2, -0.15) is 0 Å². The fraction of sp³-hybridized carbons (Fsp3) is 0.111. The van der Waals surface area contributed by atoms with E-state index in [0.717, 1.165) is 22.4 Å². The predicted molar refractivity (Wildman–Crippen MR) is 98.0 cm³/mol. The Hall–Kier alpha value is -1.98. The lowest BCUT2D eigenvalue weighted by Gasteiger charge is -2.17. The maximum Gasteiger partial charge on any atom is 0.270 e. The zero-order valence-corrected chi connectivity index (χ0v) is 14.3. The highest BCUT2D eigenvalue weighted by atomic mass is 32.2. The molecule has 2 aromatic carbocycles. The summed E-state index contributed by atoms with van der Waals surface area (Å²) in [5, 5.41) is 0. The van der Waals surface area contributed by atoms with Crippen LogP contribution in [-0.2, 0) is 4.79 Å². The molecule has 116 valence electrons. The number of nitrogens with zero attached hydrogens (tertiary/aromatic N) is 1. The standard InChI is InChI=1S/C18H14FNOS2/c1-11-3-8-15(12(2)9-11)20-17(21)16(23-18(20)22)10-13-4-6-14(19)7-5-13/h3-10H,1-2H3/b16-10+. The van der Waals surface area contributed by atoms with Crippen molar-refractivity contribution >= 4 is 46.0 Å². The van der Waals surface area contributed by atoms with Gasteiger partial charge in [-0.1, -0.05) is 53.8 Å². The molecule has 23 heavy (non-hydrogen) atoms. The summed E-state index contributed by atoms with van der Waals surface area (Å²) in [5.41, 5.74) is 3.72. The van der Waals surface area contributed by atoms with Crippen LogP contribution in [0.25, 0.3) is 6.08 Å². The lowest BCUT2D eigenvalue weighted by molar-refractivity contribution is -0.113. The van der Waals surface area contributed by atoms with E-state index in [2.05, 4.69) is 0 Å². The molecule has 0 aliphatic carbocycles. The fourth-order valence-corrected chi connectivity index (χ4v) is 3.73. The van der Waals surface area contributed by atoms with Crippen LogP contribution < -0.4 is 4.90 Å². The monoisotopic (exact) mass is 343 g/mol. The highest BCUT2D eigenvalue weighted by Crippen LogP contribution is 2.37. The zero-order valence-electron chi connectivity index (χ0n) is 12.7. The largest absolute Gasteiger partial charge is 0.270 e. The Morgan fingerprint density at radius 3 is 2.48 bits per heavy atom. The molecule has 0 saturated carbocycles. The minimum Gasteiger partial charge on any atom is -0.268 e. The first-order chi connectivity index (χ1) is 11.0. The minimum absolute atomic E-state index is 0.142. The highest BCUT2D eigenvalue weighted by molar-refractivity contribution is 8.27. The summed E-state index contributed by atoms with van der Waals surface area (Å²) in [7, 11) is 0. The van der Waals surface area contributed by atoms with Crippen molar-refractivity contribution in [1.29, 1.82) is 0 Å². The topological polar surface area (TPSA) is 20.3 Å². The highest BCUT2D eigenvalue weighted by Gasteiger charge is 2.33. The van der Waals surface area contributed by atoms with E-state index in [0.29, 0.717) is 9.23 Å². The number of halogens is 1. The number of rotatable bonds is 2. The van der Waals surface area contributed by atoms with E-state index in [1.165, 1.54) is 23.9 Å². The van der Waals surface area contributed by atoms with Gasteiger partial charge in [0.2, 0.25) is 0 Å². The zero-order chi connectivity index (χ0) is 16.6. The van der Waals surface area contributed by atoms with Crippen LogP contribution in [0.4, 0.5) is 10.1 Å². The van der Waals surface area contributed by atoms with E-state index in [9.17, 15) is 9.18 Å². The first kappa shape index (κ1) is 15.9. The summed E-state index contributed by atoms with van der Waals surface area (Å²) < 4.78 is 13.5. The number of benzene rings is 2. The Labute approximate surface area is 144 Å². The summed E-state index contributed by atoms with van der Waals surface area (Å²) >= 11 is 6.64. The van der Waals surface area contributed by atoms with Gasteiger partial charge in [0, 0.05) is 0 Å². The molecular formula is C18H14FNOS2. The Morgan fingerprint density at radius 2 is 1.83 bits per heavy atom. The number of carbonyl (C=O) groups excluding carboxylic acids is 1. The van der Waals surface area contributed by atoms with Gasteiger partial charge < -0.3 is 0 Å². The summed E-state index contributed by atoms with van der Waals surface area (Å²) in [4.78, 5) is 14.8. The number of anilines is 1. The first-order valence-electron chi connectivity index (χ1n) is 7.06. The Morgan fingerprint density at radius 1 is 1.13 bits per heavy atom. The average molecular weight is 343 g/mol. The molecule has 2 nitrogen and oxygen atoms in total. The molecule has 1 aliphatic heterocycles. The third-order valence-electron chi connectivity index (χ3n) is 3.55. The predicted octanol–water partition coefficient (Wildman–Crippen LogP) is 4.85. The van der Waals surface area contributed by atoms with Gasteiger partial charge in [0.05, 0.1) is 10.6 Å². The van der Waals surface area contributed by atoms with Gasteiger partial charge >= 0.3 is 0 Å². The molecule has 1 heterocycles. The van der Waals surface area contributed by atoms with Crippen LogP contribution in [0.3, 0.4) is 0 Å². The van der Waals surface area contributed by atoms with Crippen molar-refractivity contribution in [2.75, 3.05) is 4.90 Å². The van der Waals surface area contributed by atoms with Crippen LogP contribution in [0.2, 0.25) is 0 Å². The maximum atomic E-state index is 13.0. The third-order valence-corrected chi connectivity index (χ3v) is 4.86. The van der Waals surface area contributed by atoms with Gasteiger partial charge in [-0.05, 0) is 49.2 Å². The number of hydrogen-bond donors (Lipinski definition) is 0. The Kier molecular flexibility index (Phi) is 4.33. The Bertz CT molecular complexity index is 827. The van der Waals surface area contributed by atoms with Gasteiger partial charge in [-0.3, -0.25) is 9.69 Å². The molecular weight excluding hydrogens is 329 g/mol. The number of thiocarbonyl (C=S) groups is 1. The van der Waals surface area contributed by atoms with Crippen LogP contribution in [0.1, 0.15) is 16.7 Å². The van der Waals surface area contributed by atoms with E-state index in [4.69, 9.17) is 12.2 Å². The second-order valence-corrected chi connectivity index (χ2v) is 7.03. The molecule has 3 rings (SSSR count).